The van der Waals surface area contributed by atoms with E-state index >= 15 is 0 Å². The molecule has 1 aromatic rings. The predicted molar refractivity (Wildman–Crippen MR) is 117 cm³/mol. The lowest BCUT2D eigenvalue weighted by molar-refractivity contribution is -0.134. The molecule has 1 amide bonds. The lowest BCUT2D eigenvalue weighted by atomic mass is 9.95. The van der Waals surface area contributed by atoms with Crippen LogP contribution >= 0.6 is 11.6 Å². The van der Waals surface area contributed by atoms with Crippen LogP contribution in [0.25, 0.3) is 0 Å². The molecule has 0 aromatic heterocycles. The monoisotopic (exact) mass is 457 g/mol. The van der Waals surface area contributed by atoms with E-state index in [1.807, 2.05) is 0 Å². The molecular weight excluding hydrogens is 426 g/mol. The summed E-state index contributed by atoms with van der Waals surface area (Å²) in [5, 5.41) is 0.460. The summed E-state index contributed by atoms with van der Waals surface area (Å²) in [5.74, 6) is 0.368. The van der Waals surface area contributed by atoms with Gasteiger partial charge in [0.05, 0.1) is 23.1 Å². The number of likely N-dealkylation sites (tertiary alicyclic amines) is 1. The Morgan fingerprint density at radius 1 is 1.17 bits per heavy atom. The molecule has 7 nitrogen and oxygen atoms in total. The first-order chi connectivity index (χ1) is 14.1. The molecule has 0 spiro atoms. The zero-order valence-electron chi connectivity index (χ0n) is 17.9. The molecule has 3 atom stereocenters. The Balaban J connectivity index is 1.49. The van der Waals surface area contributed by atoms with Crippen LogP contribution in [0, 0.1) is 5.92 Å². The molecule has 168 valence electrons. The van der Waals surface area contributed by atoms with Gasteiger partial charge < -0.3 is 9.64 Å². The van der Waals surface area contributed by atoms with Gasteiger partial charge in [0.25, 0.3) is 0 Å². The van der Waals surface area contributed by atoms with Crippen LogP contribution < -0.4 is 4.72 Å². The first kappa shape index (κ1) is 23.5. The van der Waals surface area contributed by atoms with Gasteiger partial charge in [-0.3, -0.25) is 9.69 Å². The van der Waals surface area contributed by atoms with Gasteiger partial charge in [-0.15, -0.1) is 0 Å². The Morgan fingerprint density at radius 2 is 1.73 bits per heavy atom. The number of carbonyl (C=O) groups excluding carboxylic acids is 1. The van der Waals surface area contributed by atoms with Crippen molar-refractivity contribution in [2.45, 2.75) is 56.8 Å². The number of nitrogens with one attached hydrogen (secondary N) is 1. The molecule has 2 aliphatic rings. The fourth-order valence-electron chi connectivity index (χ4n) is 4.37. The third kappa shape index (κ3) is 6.17. The standard InChI is InChI=1S/C21H32ClN3O4S/c1-15-12-24(13-16(2)29-15)14-18-8-10-25(11-9-18)21(26)17(3)23-30(27,28)20-6-4-19(22)5-7-20/h4-7,15-18,23H,8-14H2,1-3H3/t15?,16?,17-/m0/s1. The first-order valence-electron chi connectivity index (χ1n) is 10.6. The maximum absolute atomic E-state index is 12.8. The summed E-state index contributed by atoms with van der Waals surface area (Å²) in [5.41, 5.74) is 0. The largest absolute Gasteiger partial charge is 0.373 e. The van der Waals surface area contributed by atoms with Gasteiger partial charge in [-0.2, -0.15) is 4.72 Å². The van der Waals surface area contributed by atoms with Gasteiger partial charge in [0.1, 0.15) is 0 Å². The third-order valence-corrected chi connectivity index (χ3v) is 7.57. The number of carbonyl (C=O) groups is 1. The van der Waals surface area contributed by atoms with Crippen LogP contribution in [-0.4, -0.2) is 75.1 Å². The molecule has 2 heterocycles. The summed E-state index contributed by atoms with van der Waals surface area (Å²) >= 11 is 5.82. The van der Waals surface area contributed by atoms with E-state index in [9.17, 15) is 13.2 Å². The lowest BCUT2D eigenvalue weighted by Gasteiger charge is -2.39. The number of amides is 1. The maximum Gasteiger partial charge on any atom is 0.241 e. The summed E-state index contributed by atoms with van der Waals surface area (Å²) in [6.07, 6.45) is 2.38. The minimum absolute atomic E-state index is 0.0965. The van der Waals surface area contributed by atoms with Gasteiger partial charge in [0, 0.05) is 37.7 Å². The molecule has 0 saturated carbocycles. The molecule has 0 aliphatic carbocycles. The van der Waals surface area contributed by atoms with Gasteiger partial charge in [0.15, 0.2) is 0 Å². The van der Waals surface area contributed by atoms with Crippen molar-refractivity contribution in [3.05, 3.63) is 29.3 Å². The zero-order valence-corrected chi connectivity index (χ0v) is 19.5. The highest BCUT2D eigenvalue weighted by Gasteiger charge is 2.31. The summed E-state index contributed by atoms with van der Waals surface area (Å²) < 4.78 is 33.3. The minimum atomic E-state index is -3.78. The molecule has 1 aromatic carbocycles. The van der Waals surface area contributed by atoms with Crippen LogP contribution in [0.1, 0.15) is 33.6 Å². The molecule has 3 rings (SSSR count). The summed E-state index contributed by atoms with van der Waals surface area (Å²) in [7, 11) is -3.78. The number of hydrogen-bond acceptors (Lipinski definition) is 5. The highest BCUT2D eigenvalue weighted by Crippen LogP contribution is 2.22. The summed E-state index contributed by atoms with van der Waals surface area (Å²) in [6, 6.07) is 5.08. The molecule has 30 heavy (non-hydrogen) atoms. The lowest BCUT2D eigenvalue weighted by Crippen LogP contribution is -2.51. The molecule has 9 heteroatoms. The van der Waals surface area contributed by atoms with E-state index in [1.165, 1.54) is 24.3 Å². The molecule has 2 unspecified atom stereocenters. The topological polar surface area (TPSA) is 79.0 Å². The highest BCUT2D eigenvalue weighted by atomic mass is 35.5. The zero-order chi connectivity index (χ0) is 21.9. The number of morpholine rings is 1. The quantitative estimate of drug-likeness (QED) is 0.709. The first-order valence-corrected chi connectivity index (χ1v) is 12.4. The van der Waals surface area contributed by atoms with E-state index < -0.39 is 16.1 Å². The second kappa shape index (κ2) is 9.96. The average Bonchev–Trinajstić information content (AvgIpc) is 2.67. The van der Waals surface area contributed by atoms with Crippen LogP contribution in [-0.2, 0) is 19.6 Å². The van der Waals surface area contributed by atoms with Crippen LogP contribution in [0.15, 0.2) is 29.2 Å². The van der Waals surface area contributed by atoms with Gasteiger partial charge in [0.2, 0.25) is 15.9 Å². The van der Waals surface area contributed by atoms with Gasteiger partial charge in [-0.05, 0) is 63.8 Å². The molecule has 2 fully saturated rings. The number of hydrogen-bond donors (Lipinski definition) is 1. The molecule has 0 bridgehead atoms. The van der Waals surface area contributed by atoms with Crippen LogP contribution in [0.5, 0.6) is 0 Å². The maximum atomic E-state index is 12.8. The van der Waals surface area contributed by atoms with E-state index in [0.29, 0.717) is 24.0 Å². The number of sulfonamides is 1. The van der Waals surface area contributed by atoms with Crippen LogP contribution in [0.2, 0.25) is 5.02 Å². The van der Waals surface area contributed by atoms with E-state index in [-0.39, 0.29) is 23.0 Å². The second-order valence-electron chi connectivity index (χ2n) is 8.54. The normalized spacial score (nSPS) is 25.3. The number of piperidine rings is 1. The van der Waals surface area contributed by atoms with Crippen LogP contribution in [0.4, 0.5) is 0 Å². The van der Waals surface area contributed by atoms with Gasteiger partial charge in [-0.1, -0.05) is 11.6 Å². The number of ether oxygens (including phenoxy) is 1. The van der Waals surface area contributed by atoms with Crippen molar-refractivity contribution >= 4 is 27.5 Å². The van der Waals surface area contributed by atoms with E-state index in [2.05, 4.69) is 23.5 Å². The Hall–Kier alpha value is -1.19. The second-order valence-corrected chi connectivity index (χ2v) is 10.7. The van der Waals surface area contributed by atoms with Crippen molar-refractivity contribution < 1.29 is 17.9 Å². The number of halogens is 1. The van der Waals surface area contributed by atoms with E-state index in [0.717, 1.165) is 32.5 Å². The third-order valence-electron chi connectivity index (χ3n) is 5.76. The Morgan fingerprint density at radius 3 is 2.30 bits per heavy atom. The van der Waals surface area contributed by atoms with Gasteiger partial charge >= 0.3 is 0 Å². The SMILES string of the molecule is CC1CN(CC2CCN(C(=O)[C@H](C)NS(=O)(=O)c3ccc(Cl)cc3)CC2)CC(C)O1. The fourth-order valence-corrected chi connectivity index (χ4v) is 5.70. The molecular formula is C21H32ClN3O4S. The number of benzene rings is 1. The average molecular weight is 458 g/mol. The Labute approximate surface area is 184 Å². The highest BCUT2D eigenvalue weighted by molar-refractivity contribution is 7.89. The minimum Gasteiger partial charge on any atom is -0.373 e. The van der Waals surface area contributed by atoms with Crippen molar-refractivity contribution in [3.8, 4) is 0 Å². The molecule has 0 radical (unpaired) electrons. The summed E-state index contributed by atoms with van der Waals surface area (Å²) in [4.78, 5) is 17.1. The van der Waals surface area contributed by atoms with Crippen molar-refractivity contribution in [3.63, 3.8) is 0 Å². The Kier molecular flexibility index (Phi) is 7.79. The van der Waals surface area contributed by atoms with E-state index in [1.54, 1.807) is 11.8 Å². The number of rotatable bonds is 6. The van der Waals surface area contributed by atoms with Crippen LogP contribution in [0.3, 0.4) is 0 Å². The molecule has 2 saturated heterocycles. The molecule has 1 N–H and O–H groups in total. The predicted octanol–water partition coefficient (Wildman–Crippen LogP) is 2.35. The Bertz CT molecular complexity index is 815. The van der Waals surface area contributed by atoms with Crippen molar-refractivity contribution in [2.24, 2.45) is 5.92 Å². The van der Waals surface area contributed by atoms with Crippen molar-refractivity contribution in [1.29, 1.82) is 0 Å². The number of nitrogens with zero attached hydrogens (tertiary/aromatic N) is 2. The van der Waals surface area contributed by atoms with E-state index in [4.69, 9.17) is 16.3 Å². The van der Waals surface area contributed by atoms with Crippen molar-refractivity contribution in [2.75, 3.05) is 32.7 Å². The smallest absolute Gasteiger partial charge is 0.241 e. The van der Waals surface area contributed by atoms with Gasteiger partial charge in [-0.25, -0.2) is 8.42 Å². The fraction of sp³-hybridized carbons (Fsp3) is 0.667. The molecule has 2 aliphatic heterocycles. The van der Waals surface area contributed by atoms with Crippen molar-refractivity contribution in [1.82, 2.24) is 14.5 Å². The summed E-state index contributed by atoms with van der Waals surface area (Å²) in [6.45, 7) is 10.1.